The minimum absolute atomic E-state index is 0.105. The first-order valence-electron chi connectivity index (χ1n) is 7.20. The van der Waals surface area contributed by atoms with Gasteiger partial charge in [0.2, 0.25) is 0 Å². The summed E-state index contributed by atoms with van der Waals surface area (Å²) in [5.41, 5.74) is 4.25. The summed E-state index contributed by atoms with van der Waals surface area (Å²) in [6, 6.07) is 14.1. The third-order valence-corrected chi connectivity index (χ3v) is 3.89. The summed E-state index contributed by atoms with van der Waals surface area (Å²) in [6.07, 6.45) is 0.00388. The number of benzene rings is 2. The van der Waals surface area contributed by atoms with Gasteiger partial charge in [-0.05, 0) is 30.2 Å². The minimum atomic E-state index is -0.475. The molecule has 1 heterocycles. The van der Waals surface area contributed by atoms with Crippen LogP contribution in [-0.2, 0) is 11.3 Å². The van der Waals surface area contributed by atoms with Gasteiger partial charge in [-0.25, -0.2) is 0 Å². The molecule has 1 aliphatic heterocycles. The van der Waals surface area contributed by atoms with Gasteiger partial charge in [-0.2, -0.15) is 0 Å². The van der Waals surface area contributed by atoms with Crippen LogP contribution >= 0.6 is 0 Å². The van der Waals surface area contributed by atoms with Crippen molar-refractivity contribution >= 4 is 0 Å². The average molecular weight is 284 g/mol. The molecule has 2 aromatic carbocycles. The molecule has 0 saturated heterocycles. The molecule has 1 aliphatic rings. The first-order chi connectivity index (χ1) is 10.2. The second-order valence-electron chi connectivity index (χ2n) is 5.57. The standard InChI is InChI=1S/C18H20O3/c1-12-3-8-17-15(9-12)16(19)10-18(21-17)14-6-4-13(5-7-14)11-20-2/h3-9,16,18-19H,10-11H2,1-2H3/t16-,18?/m1/s1. The molecule has 0 bridgehead atoms. The number of aliphatic hydroxyl groups is 1. The third kappa shape index (κ3) is 2.94. The SMILES string of the molecule is COCc1ccc(C2C[C@@H](O)c3cc(C)ccc3O2)cc1. The lowest BCUT2D eigenvalue weighted by atomic mass is 9.93. The predicted molar refractivity (Wildman–Crippen MR) is 81.3 cm³/mol. The Morgan fingerprint density at radius 3 is 2.67 bits per heavy atom. The van der Waals surface area contributed by atoms with Gasteiger partial charge < -0.3 is 14.6 Å². The summed E-state index contributed by atoms with van der Waals surface area (Å²) in [5.74, 6) is 0.783. The Balaban J connectivity index is 1.83. The predicted octanol–water partition coefficient (Wildman–Crippen LogP) is 3.70. The summed E-state index contributed by atoms with van der Waals surface area (Å²) in [7, 11) is 1.69. The van der Waals surface area contributed by atoms with Gasteiger partial charge in [0.05, 0.1) is 12.7 Å². The Morgan fingerprint density at radius 2 is 1.95 bits per heavy atom. The maximum absolute atomic E-state index is 10.4. The zero-order chi connectivity index (χ0) is 14.8. The highest BCUT2D eigenvalue weighted by Crippen LogP contribution is 2.41. The number of hydrogen-bond donors (Lipinski definition) is 1. The molecule has 3 rings (SSSR count). The van der Waals surface area contributed by atoms with E-state index in [4.69, 9.17) is 9.47 Å². The molecule has 0 spiro atoms. The monoisotopic (exact) mass is 284 g/mol. The summed E-state index contributed by atoms with van der Waals surface area (Å²) in [5, 5.41) is 10.4. The van der Waals surface area contributed by atoms with Crippen molar-refractivity contribution in [2.45, 2.75) is 32.2 Å². The molecule has 3 nitrogen and oxygen atoms in total. The molecule has 2 aromatic rings. The molecule has 2 atom stereocenters. The van der Waals surface area contributed by atoms with Crippen molar-refractivity contribution in [1.29, 1.82) is 0 Å². The quantitative estimate of drug-likeness (QED) is 0.934. The van der Waals surface area contributed by atoms with Gasteiger partial charge in [0.1, 0.15) is 11.9 Å². The van der Waals surface area contributed by atoms with Crippen molar-refractivity contribution in [1.82, 2.24) is 0 Å². The Labute approximate surface area is 125 Å². The van der Waals surface area contributed by atoms with Crippen LogP contribution in [-0.4, -0.2) is 12.2 Å². The van der Waals surface area contributed by atoms with E-state index >= 15 is 0 Å². The maximum Gasteiger partial charge on any atom is 0.127 e. The van der Waals surface area contributed by atoms with E-state index in [-0.39, 0.29) is 6.10 Å². The molecular formula is C18H20O3. The molecule has 0 aromatic heterocycles. The van der Waals surface area contributed by atoms with Gasteiger partial charge in [0, 0.05) is 19.1 Å². The van der Waals surface area contributed by atoms with E-state index in [1.807, 2.05) is 49.4 Å². The molecule has 0 saturated carbocycles. The molecule has 0 radical (unpaired) electrons. The van der Waals surface area contributed by atoms with Crippen molar-refractivity contribution in [2.75, 3.05) is 7.11 Å². The Kier molecular flexibility index (Phi) is 3.95. The number of aliphatic hydroxyl groups excluding tert-OH is 1. The second-order valence-corrected chi connectivity index (χ2v) is 5.57. The molecule has 0 aliphatic carbocycles. The fourth-order valence-corrected chi connectivity index (χ4v) is 2.77. The molecule has 1 N–H and O–H groups in total. The van der Waals surface area contributed by atoms with E-state index in [9.17, 15) is 5.11 Å². The van der Waals surface area contributed by atoms with E-state index in [0.717, 1.165) is 28.0 Å². The number of fused-ring (bicyclic) bond motifs is 1. The Hall–Kier alpha value is -1.84. The van der Waals surface area contributed by atoms with Crippen LogP contribution in [0.25, 0.3) is 0 Å². The smallest absolute Gasteiger partial charge is 0.127 e. The maximum atomic E-state index is 10.4. The molecule has 1 unspecified atom stereocenters. The van der Waals surface area contributed by atoms with Gasteiger partial charge in [-0.15, -0.1) is 0 Å². The highest BCUT2D eigenvalue weighted by atomic mass is 16.5. The summed E-state index contributed by atoms with van der Waals surface area (Å²) in [4.78, 5) is 0. The van der Waals surface area contributed by atoms with E-state index in [0.29, 0.717) is 13.0 Å². The molecule has 21 heavy (non-hydrogen) atoms. The normalized spacial score (nSPS) is 20.7. The first kappa shape index (κ1) is 14.1. The fourth-order valence-electron chi connectivity index (χ4n) is 2.77. The van der Waals surface area contributed by atoms with Crippen LogP contribution in [0.1, 0.15) is 40.9 Å². The van der Waals surface area contributed by atoms with E-state index < -0.39 is 6.10 Å². The van der Waals surface area contributed by atoms with Crippen molar-refractivity contribution < 1.29 is 14.6 Å². The summed E-state index contributed by atoms with van der Waals surface area (Å²) >= 11 is 0. The van der Waals surface area contributed by atoms with Crippen LogP contribution in [0.3, 0.4) is 0 Å². The third-order valence-electron chi connectivity index (χ3n) is 3.89. The van der Waals surface area contributed by atoms with Gasteiger partial charge in [-0.1, -0.05) is 35.9 Å². The molecular weight excluding hydrogens is 264 g/mol. The van der Waals surface area contributed by atoms with E-state index in [1.54, 1.807) is 7.11 Å². The molecule has 3 heteroatoms. The number of methoxy groups -OCH3 is 1. The van der Waals surface area contributed by atoms with Crippen molar-refractivity contribution in [3.8, 4) is 5.75 Å². The van der Waals surface area contributed by atoms with Crippen molar-refractivity contribution in [2.24, 2.45) is 0 Å². The van der Waals surface area contributed by atoms with Gasteiger partial charge in [0.15, 0.2) is 0 Å². The lowest BCUT2D eigenvalue weighted by Crippen LogP contribution is -2.19. The van der Waals surface area contributed by atoms with E-state index in [2.05, 4.69) is 0 Å². The highest BCUT2D eigenvalue weighted by Gasteiger charge is 2.27. The van der Waals surface area contributed by atoms with Crippen LogP contribution in [0.2, 0.25) is 0 Å². The zero-order valence-electron chi connectivity index (χ0n) is 12.4. The van der Waals surface area contributed by atoms with Gasteiger partial charge >= 0.3 is 0 Å². The first-order valence-corrected chi connectivity index (χ1v) is 7.20. The zero-order valence-corrected chi connectivity index (χ0v) is 12.4. The van der Waals surface area contributed by atoms with Gasteiger partial charge in [0.25, 0.3) is 0 Å². The topological polar surface area (TPSA) is 38.7 Å². The second kappa shape index (κ2) is 5.88. The fraction of sp³-hybridized carbons (Fsp3) is 0.333. The van der Waals surface area contributed by atoms with Crippen LogP contribution in [0.15, 0.2) is 42.5 Å². The van der Waals surface area contributed by atoms with Crippen LogP contribution in [0, 0.1) is 6.92 Å². The summed E-state index contributed by atoms with van der Waals surface area (Å²) < 4.78 is 11.2. The highest BCUT2D eigenvalue weighted by molar-refractivity contribution is 5.41. The van der Waals surface area contributed by atoms with Crippen molar-refractivity contribution in [3.63, 3.8) is 0 Å². The van der Waals surface area contributed by atoms with Gasteiger partial charge in [-0.3, -0.25) is 0 Å². The average Bonchev–Trinajstić information content (AvgIpc) is 2.49. The lowest BCUT2D eigenvalue weighted by molar-refractivity contribution is 0.0656. The lowest BCUT2D eigenvalue weighted by Gasteiger charge is -2.30. The molecule has 0 fully saturated rings. The minimum Gasteiger partial charge on any atom is -0.485 e. The van der Waals surface area contributed by atoms with E-state index in [1.165, 1.54) is 0 Å². The van der Waals surface area contributed by atoms with Crippen LogP contribution < -0.4 is 4.74 Å². The van der Waals surface area contributed by atoms with Crippen molar-refractivity contribution in [3.05, 3.63) is 64.7 Å². The number of aryl methyl sites for hydroxylation is 1. The Morgan fingerprint density at radius 1 is 1.19 bits per heavy atom. The Bertz CT molecular complexity index is 619. The largest absolute Gasteiger partial charge is 0.485 e. The number of ether oxygens (including phenoxy) is 2. The number of rotatable bonds is 3. The molecule has 0 amide bonds. The summed E-state index contributed by atoms with van der Waals surface area (Å²) in [6.45, 7) is 2.63. The molecule has 110 valence electrons. The van der Waals surface area contributed by atoms with Crippen LogP contribution in [0.4, 0.5) is 0 Å². The van der Waals surface area contributed by atoms with Crippen LogP contribution in [0.5, 0.6) is 5.75 Å². The number of hydrogen-bond acceptors (Lipinski definition) is 3.